The summed E-state index contributed by atoms with van der Waals surface area (Å²) in [5.41, 5.74) is 0.881. The quantitative estimate of drug-likeness (QED) is 0.106. The largest absolute Gasteiger partial charge is 0.422 e. The Labute approximate surface area is 228 Å². The van der Waals surface area contributed by atoms with Crippen LogP contribution >= 0.6 is 23.2 Å². The van der Waals surface area contributed by atoms with Gasteiger partial charge in [-0.1, -0.05) is 89.9 Å². The highest BCUT2D eigenvalue weighted by Gasteiger charge is 2.18. The number of hydrogen-bond donors (Lipinski definition) is 1. The fraction of sp³-hybridized carbons (Fsp3) is 0. The van der Waals surface area contributed by atoms with Crippen LogP contribution in [0.2, 0.25) is 10.0 Å². The van der Waals surface area contributed by atoms with Gasteiger partial charge < -0.3 is 10.1 Å². The van der Waals surface area contributed by atoms with E-state index in [1.807, 2.05) is 66.7 Å². The second-order valence-electron chi connectivity index (χ2n) is 8.36. The number of carbonyl (C=O) groups excluding carboxylic acids is 2. The van der Waals surface area contributed by atoms with Gasteiger partial charge in [0.15, 0.2) is 0 Å². The zero-order chi connectivity index (χ0) is 26.6. The third-order valence-corrected chi connectivity index (χ3v) is 6.54. The molecule has 5 nitrogen and oxygen atoms in total. The molecular formula is C31H18Cl2N2O3. The van der Waals surface area contributed by atoms with Crippen LogP contribution in [0.3, 0.4) is 0 Å². The summed E-state index contributed by atoms with van der Waals surface area (Å²) in [4.78, 5) is 26.3. The lowest BCUT2D eigenvalue weighted by molar-refractivity contribution is -0.112. The second kappa shape index (κ2) is 10.8. The number of hydrogen-bond acceptors (Lipinski definition) is 4. The van der Waals surface area contributed by atoms with Crippen LogP contribution in [0.25, 0.3) is 27.6 Å². The Morgan fingerprint density at radius 2 is 1.50 bits per heavy atom. The van der Waals surface area contributed by atoms with Crippen LogP contribution in [-0.4, -0.2) is 11.9 Å². The molecular weight excluding hydrogens is 519 g/mol. The molecule has 5 aromatic rings. The number of carbonyl (C=O) groups is 2. The van der Waals surface area contributed by atoms with Crippen molar-refractivity contribution in [3.63, 3.8) is 0 Å². The first-order valence-corrected chi connectivity index (χ1v) is 12.3. The summed E-state index contributed by atoms with van der Waals surface area (Å²) in [7, 11) is 0. The van der Waals surface area contributed by atoms with Gasteiger partial charge in [-0.15, -0.1) is 0 Å². The van der Waals surface area contributed by atoms with Gasteiger partial charge in [-0.2, -0.15) is 5.26 Å². The van der Waals surface area contributed by atoms with Crippen molar-refractivity contribution in [2.24, 2.45) is 0 Å². The molecule has 0 aliphatic carbocycles. The average Bonchev–Trinajstić information content (AvgIpc) is 2.94. The lowest BCUT2D eigenvalue weighted by Crippen LogP contribution is -2.14. The minimum Gasteiger partial charge on any atom is -0.422 e. The van der Waals surface area contributed by atoms with Crippen molar-refractivity contribution in [3.05, 3.63) is 124 Å². The zero-order valence-corrected chi connectivity index (χ0v) is 21.3. The fourth-order valence-electron chi connectivity index (χ4n) is 4.15. The van der Waals surface area contributed by atoms with Gasteiger partial charge in [0.25, 0.3) is 5.91 Å². The van der Waals surface area contributed by atoms with E-state index in [1.54, 1.807) is 30.3 Å². The number of esters is 1. The predicted molar refractivity (Wildman–Crippen MR) is 152 cm³/mol. The second-order valence-corrected chi connectivity index (χ2v) is 9.21. The minimum absolute atomic E-state index is 0.208. The van der Waals surface area contributed by atoms with Gasteiger partial charge >= 0.3 is 5.97 Å². The lowest BCUT2D eigenvalue weighted by atomic mass is 10.0. The number of fused-ring (bicyclic) bond motifs is 2. The first-order chi connectivity index (χ1) is 18.4. The zero-order valence-electron chi connectivity index (χ0n) is 19.7. The summed E-state index contributed by atoms with van der Waals surface area (Å²) < 4.78 is 5.86. The Morgan fingerprint density at radius 3 is 2.26 bits per heavy atom. The maximum absolute atomic E-state index is 13.3. The number of ether oxygens (including phenoxy) is 1. The Morgan fingerprint density at radius 1 is 0.816 bits per heavy atom. The number of nitrogens with zero attached hydrogens (tertiary/aromatic N) is 1. The van der Waals surface area contributed by atoms with Crippen molar-refractivity contribution in [2.75, 3.05) is 5.32 Å². The SMILES string of the molecule is N#C/C(=C/c1c(OC(=O)c2cccc3ccccc23)ccc2ccccc12)C(=O)Nc1cc(Cl)ccc1Cl. The molecule has 0 saturated carbocycles. The van der Waals surface area contributed by atoms with E-state index in [4.69, 9.17) is 27.9 Å². The Kier molecular flexibility index (Phi) is 7.10. The molecule has 0 unspecified atom stereocenters. The molecule has 0 radical (unpaired) electrons. The van der Waals surface area contributed by atoms with Gasteiger partial charge in [0.1, 0.15) is 17.4 Å². The van der Waals surface area contributed by atoms with Gasteiger partial charge in [-0.3, -0.25) is 4.79 Å². The van der Waals surface area contributed by atoms with Crippen molar-refractivity contribution < 1.29 is 14.3 Å². The lowest BCUT2D eigenvalue weighted by Gasteiger charge is -2.13. The summed E-state index contributed by atoms with van der Waals surface area (Å²) >= 11 is 12.2. The molecule has 0 spiro atoms. The van der Waals surface area contributed by atoms with Crippen molar-refractivity contribution in [1.29, 1.82) is 5.26 Å². The highest BCUT2D eigenvalue weighted by atomic mass is 35.5. The van der Waals surface area contributed by atoms with Crippen molar-refractivity contribution in [1.82, 2.24) is 0 Å². The van der Waals surface area contributed by atoms with Crippen LogP contribution < -0.4 is 10.1 Å². The molecule has 0 aliphatic heterocycles. The molecule has 0 saturated heterocycles. The highest BCUT2D eigenvalue weighted by Crippen LogP contribution is 2.32. The van der Waals surface area contributed by atoms with E-state index in [0.29, 0.717) is 21.5 Å². The Hall–Kier alpha value is -4.63. The molecule has 1 N–H and O–H groups in total. The molecule has 0 heterocycles. The van der Waals surface area contributed by atoms with E-state index >= 15 is 0 Å². The summed E-state index contributed by atoms with van der Waals surface area (Å²) in [6.07, 6.45) is 1.40. The monoisotopic (exact) mass is 536 g/mol. The smallest absolute Gasteiger partial charge is 0.344 e. The van der Waals surface area contributed by atoms with Gasteiger partial charge in [0.05, 0.1) is 16.3 Å². The predicted octanol–water partition coefficient (Wildman–Crippen LogP) is 8.06. The number of nitriles is 1. The normalized spacial score (nSPS) is 11.2. The third-order valence-electron chi connectivity index (χ3n) is 5.97. The summed E-state index contributed by atoms with van der Waals surface area (Å²) in [5.74, 6) is -1.03. The van der Waals surface area contributed by atoms with Gasteiger partial charge in [-0.05, 0) is 58.0 Å². The topological polar surface area (TPSA) is 79.2 Å². The van der Waals surface area contributed by atoms with Crippen molar-refractivity contribution in [2.45, 2.75) is 0 Å². The molecule has 0 aromatic heterocycles. The fourth-order valence-corrected chi connectivity index (χ4v) is 4.48. The van der Waals surface area contributed by atoms with Gasteiger partial charge in [0.2, 0.25) is 0 Å². The summed E-state index contributed by atoms with van der Waals surface area (Å²) in [6.45, 7) is 0. The number of benzene rings is 5. The molecule has 5 rings (SSSR count). The Bertz CT molecular complexity index is 1800. The van der Waals surface area contributed by atoms with E-state index in [-0.39, 0.29) is 22.0 Å². The molecule has 184 valence electrons. The molecule has 0 aliphatic rings. The van der Waals surface area contributed by atoms with Crippen LogP contribution in [-0.2, 0) is 4.79 Å². The number of halogens is 2. The minimum atomic E-state index is -0.684. The van der Waals surface area contributed by atoms with Crippen LogP contribution in [0.4, 0.5) is 5.69 Å². The molecule has 1 amide bonds. The third kappa shape index (κ3) is 5.09. The molecule has 0 bridgehead atoms. The standard InChI is InChI=1S/C31H18Cl2N2O3/c32-22-13-14-27(33)28(17-22)35-30(36)21(18-34)16-26-24-10-4-2-7-20(24)12-15-29(26)38-31(37)25-11-5-8-19-6-1-3-9-23(19)25/h1-17H,(H,35,36)/b21-16-. The van der Waals surface area contributed by atoms with Crippen molar-refractivity contribution in [3.8, 4) is 11.8 Å². The van der Waals surface area contributed by atoms with E-state index in [1.165, 1.54) is 12.1 Å². The van der Waals surface area contributed by atoms with E-state index in [2.05, 4.69) is 5.32 Å². The number of amides is 1. The molecule has 38 heavy (non-hydrogen) atoms. The van der Waals surface area contributed by atoms with Gasteiger partial charge in [-0.25, -0.2) is 4.79 Å². The number of rotatable bonds is 5. The van der Waals surface area contributed by atoms with Crippen molar-refractivity contribution >= 4 is 68.4 Å². The van der Waals surface area contributed by atoms with Crippen LogP contribution in [0, 0.1) is 11.3 Å². The Balaban J connectivity index is 1.56. The maximum Gasteiger partial charge on any atom is 0.344 e. The van der Waals surface area contributed by atoms with Gasteiger partial charge in [0, 0.05) is 10.6 Å². The first-order valence-electron chi connectivity index (χ1n) is 11.5. The van der Waals surface area contributed by atoms with Crippen LogP contribution in [0.15, 0.2) is 103 Å². The van der Waals surface area contributed by atoms with Crippen LogP contribution in [0.5, 0.6) is 5.75 Å². The molecule has 0 atom stereocenters. The average molecular weight is 537 g/mol. The first kappa shape index (κ1) is 25.0. The summed E-state index contributed by atoms with van der Waals surface area (Å²) in [6, 6.07) is 30.4. The van der Waals surface area contributed by atoms with Crippen LogP contribution in [0.1, 0.15) is 15.9 Å². The summed E-state index contributed by atoms with van der Waals surface area (Å²) in [5, 5.41) is 16.3. The number of nitrogens with one attached hydrogen (secondary N) is 1. The highest BCUT2D eigenvalue weighted by molar-refractivity contribution is 6.36. The van der Waals surface area contributed by atoms with E-state index in [0.717, 1.165) is 16.2 Å². The number of anilines is 1. The molecule has 5 aromatic carbocycles. The maximum atomic E-state index is 13.3. The van der Waals surface area contributed by atoms with E-state index in [9.17, 15) is 14.9 Å². The molecule has 0 fully saturated rings. The molecule has 7 heteroatoms. The van der Waals surface area contributed by atoms with E-state index < -0.39 is 11.9 Å².